The first-order valence-corrected chi connectivity index (χ1v) is 9.21. The second kappa shape index (κ2) is 7.71. The van der Waals surface area contributed by atoms with Gasteiger partial charge in [-0.3, -0.25) is 14.2 Å². The molecule has 0 atom stereocenters. The maximum absolute atomic E-state index is 13.1. The zero-order valence-electron chi connectivity index (χ0n) is 16.2. The molecule has 4 rings (SSSR count). The number of alkyl halides is 3. The van der Waals surface area contributed by atoms with E-state index >= 15 is 0 Å². The molecule has 2 aromatic carbocycles. The summed E-state index contributed by atoms with van der Waals surface area (Å²) in [5.74, 6) is -0.786. The largest absolute Gasteiger partial charge is 0.418 e. The lowest BCUT2D eigenvalue weighted by atomic mass is 10.1. The van der Waals surface area contributed by atoms with Gasteiger partial charge in [0.15, 0.2) is 5.65 Å². The van der Waals surface area contributed by atoms with Crippen molar-refractivity contribution in [3.63, 3.8) is 0 Å². The molecule has 158 valence electrons. The van der Waals surface area contributed by atoms with Gasteiger partial charge in [0.25, 0.3) is 5.56 Å². The standard InChI is InChI=1S/C21H16F3N5O2/c1-13-6-2-5-9-17(13)29-19-14(10-26-29)20(31)28(12-25-19)11-18(30)27-16-8-4-3-7-15(16)21(22,23)24/h2-10,12H,11H2,1H3,(H,27,30). The summed E-state index contributed by atoms with van der Waals surface area (Å²) in [6.07, 6.45) is -2.09. The van der Waals surface area contributed by atoms with Crippen LogP contribution in [0.5, 0.6) is 0 Å². The number of benzene rings is 2. The molecule has 4 aromatic rings. The number of halogens is 3. The Balaban J connectivity index is 1.62. The van der Waals surface area contributed by atoms with E-state index in [4.69, 9.17) is 0 Å². The van der Waals surface area contributed by atoms with Crippen molar-refractivity contribution in [3.05, 3.63) is 82.5 Å². The lowest BCUT2D eigenvalue weighted by Crippen LogP contribution is -2.28. The lowest BCUT2D eigenvalue weighted by Gasteiger charge is -2.14. The molecule has 0 radical (unpaired) electrons. The average molecular weight is 427 g/mol. The van der Waals surface area contributed by atoms with Gasteiger partial charge in [0.05, 0.1) is 23.1 Å². The maximum Gasteiger partial charge on any atom is 0.418 e. The number of hydrogen-bond acceptors (Lipinski definition) is 4. The van der Waals surface area contributed by atoms with Crippen molar-refractivity contribution in [3.8, 4) is 5.69 Å². The van der Waals surface area contributed by atoms with E-state index in [-0.39, 0.29) is 11.1 Å². The number of hydrogen-bond donors (Lipinski definition) is 1. The average Bonchev–Trinajstić information content (AvgIpc) is 3.15. The molecule has 2 aromatic heterocycles. The fourth-order valence-corrected chi connectivity index (χ4v) is 3.22. The van der Waals surface area contributed by atoms with Crippen LogP contribution in [0, 0.1) is 6.92 Å². The summed E-state index contributed by atoms with van der Waals surface area (Å²) < 4.78 is 41.9. The number of aryl methyl sites for hydroxylation is 1. The molecule has 2 heterocycles. The molecule has 0 fully saturated rings. The van der Waals surface area contributed by atoms with Crippen molar-refractivity contribution in [2.24, 2.45) is 0 Å². The Morgan fingerprint density at radius 3 is 2.55 bits per heavy atom. The third kappa shape index (κ3) is 3.91. The minimum Gasteiger partial charge on any atom is -0.324 e. The van der Waals surface area contributed by atoms with Crippen LogP contribution in [0.15, 0.2) is 65.8 Å². The number of nitrogens with one attached hydrogen (secondary N) is 1. The number of carbonyl (C=O) groups excluding carboxylic acids is 1. The topological polar surface area (TPSA) is 81.8 Å². The molecule has 1 amide bonds. The predicted molar refractivity (Wildman–Crippen MR) is 108 cm³/mol. The van der Waals surface area contributed by atoms with Crippen LogP contribution in [0.25, 0.3) is 16.7 Å². The van der Waals surface area contributed by atoms with E-state index in [1.54, 1.807) is 0 Å². The number of carbonyl (C=O) groups is 1. The molecule has 0 aliphatic carbocycles. The summed E-state index contributed by atoms with van der Waals surface area (Å²) in [5.41, 5.74) is 0.130. The molecule has 0 unspecified atom stereocenters. The van der Waals surface area contributed by atoms with E-state index in [2.05, 4.69) is 15.4 Å². The van der Waals surface area contributed by atoms with Crippen LogP contribution in [0.2, 0.25) is 0 Å². The van der Waals surface area contributed by atoms with Gasteiger partial charge in [0.1, 0.15) is 18.3 Å². The normalized spacial score (nSPS) is 11.6. The Morgan fingerprint density at radius 1 is 1.10 bits per heavy atom. The van der Waals surface area contributed by atoms with E-state index in [9.17, 15) is 22.8 Å². The van der Waals surface area contributed by atoms with E-state index in [0.29, 0.717) is 5.65 Å². The Morgan fingerprint density at radius 2 is 1.81 bits per heavy atom. The monoisotopic (exact) mass is 427 g/mol. The molecular formula is C21H16F3N5O2. The van der Waals surface area contributed by atoms with Gasteiger partial charge < -0.3 is 5.32 Å². The molecule has 0 bridgehead atoms. The summed E-state index contributed by atoms with van der Waals surface area (Å²) in [6, 6.07) is 12.1. The summed E-state index contributed by atoms with van der Waals surface area (Å²) in [7, 11) is 0. The van der Waals surface area contributed by atoms with Crippen LogP contribution >= 0.6 is 0 Å². The number of nitrogens with zero attached hydrogens (tertiary/aromatic N) is 4. The van der Waals surface area contributed by atoms with Crippen LogP contribution in [0.3, 0.4) is 0 Å². The molecule has 0 saturated heterocycles. The number of aromatic nitrogens is 4. The molecule has 0 saturated carbocycles. The summed E-state index contributed by atoms with van der Waals surface area (Å²) in [5, 5.41) is 6.63. The van der Waals surface area contributed by atoms with E-state index in [1.165, 1.54) is 29.3 Å². The van der Waals surface area contributed by atoms with Crippen molar-refractivity contribution in [1.82, 2.24) is 19.3 Å². The fourth-order valence-electron chi connectivity index (χ4n) is 3.22. The van der Waals surface area contributed by atoms with Crippen molar-refractivity contribution in [2.45, 2.75) is 19.6 Å². The third-order valence-electron chi connectivity index (χ3n) is 4.72. The Labute approximate surface area is 173 Å². The first-order valence-electron chi connectivity index (χ1n) is 9.21. The highest BCUT2D eigenvalue weighted by molar-refractivity contribution is 5.91. The van der Waals surface area contributed by atoms with Crippen molar-refractivity contribution >= 4 is 22.6 Å². The van der Waals surface area contributed by atoms with Gasteiger partial charge >= 0.3 is 6.18 Å². The Hall–Kier alpha value is -3.95. The number of anilines is 1. The quantitative estimate of drug-likeness (QED) is 0.540. The molecule has 0 aliphatic heterocycles. The molecular weight excluding hydrogens is 411 g/mol. The predicted octanol–water partition coefficient (Wildman–Crippen LogP) is 3.55. The zero-order valence-corrected chi connectivity index (χ0v) is 16.2. The van der Waals surface area contributed by atoms with Gasteiger partial charge in [-0.15, -0.1) is 0 Å². The number of fused-ring (bicyclic) bond motifs is 1. The van der Waals surface area contributed by atoms with E-state index < -0.39 is 29.8 Å². The minimum atomic E-state index is -4.62. The summed E-state index contributed by atoms with van der Waals surface area (Å²) in [6.45, 7) is 1.40. The van der Waals surface area contributed by atoms with Crippen LogP contribution in [0.1, 0.15) is 11.1 Å². The highest BCUT2D eigenvalue weighted by Gasteiger charge is 2.33. The molecule has 0 aliphatic rings. The van der Waals surface area contributed by atoms with Gasteiger partial charge in [-0.2, -0.15) is 18.3 Å². The highest BCUT2D eigenvalue weighted by Crippen LogP contribution is 2.34. The van der Waals surface area contributed by atoms with Gasteiger partial charge in [-0.05, 0) is 30.7 Å². The van der Waals surface area contributed by atoms with Crippen molar-refractivity contribution in [2.75, 3.05) is 5.32 Å². The Bertz CT molecular complexity index is 1340. The van der Waals surface area contributed by atoms with Crippen LogP contribution in [0.4, 0.5) is 18.9 Å². The minimum absolute atomic E-state index is 0.189. The third-order valence-corrected chi connectivity index (χ3v) is 4.72. The van der Waals surface area contributed by atoms with Crippen molar-refractivity contribution < 1.29 is 18.0 Å². The molecule has 10 heteroatoms. The molecule has 1 N–H and O–H groups in total. The first-order chi connectivity index (χ1) is 14.8. The number of amides is 1. The van der Waals surface area contributed by atoms with Gasteiger partial charge in [0, 0.05) is 0 Å². The highest BCUT2D eigenvalue weighted by atomic mass is 19.4. The summed E-state index contributed by atoms with van der Waals surface area (Å²) in [4.78, 5) is 29.4. The van der Waals surface area contributed by atoms with Crippen LogP contribution in [-0.4, -0.2) is 25.2 Å². The smallest absolute Gasteiger partial charge is 0.324 e. The number of rotatable bonds is 4. The van der Waals surface area contributed by atoms with E-state index in [1.807, 2.05) is 31.2 Å². The van der Waals surface area contributed by atoms with Crippen LogP contribution in [-0.2, 0) is 17.5 Å². The summed E-state index contributed by atoms with van der Waals surface area (Å²) >= 11 is 0. The molecule has 7 nitrogen and oxygen atoms in total. The second-order valence-corrected chi connectivity index (χ2v) is 6.85. The Kier molecular flexibility index (Phi) is 5.05. The van der Waals surface area contributed by atoms with Gasteiger partial charge in [-0.1, -0.05) is 30.3 Å². The van der Waals surface area contributed by atoms with Crippen molar-refractivity contribution in [1.29, 1.82) is 0 Å². The molecule has 0 spiro atoms. The first kappa shape index (κ1) is 20.3. The van der Waals surface area contributed by atoms with Gasteiger partial charge in [0.2, 0.25) is 5.91 Å². The molecule has 31 heavy (non-hydrogen) atoms. The van der Waals surface area contributed by atoms with Gasteiger partial charge in [-0.25, -0.2) is 9.67 Å². The van der Waals surface area contributed by atoms with Crippen LogP contribution < -0.4 is 10.9 Å². The SMILES string of the molecule is Cc1ccccc1-n1ncc2c(=O)n(CC(=O)Nc3ccccc3C(F)(F)F)cnc21. The van der Waals surface area contributed by atoms with E-state index in [0.717, 1.165) is 28.0 Å². The number of para-hydroxylation sites is 2. The maximum atomic E-state index is 13.1. The fraction of sp³-hybridized carbons (Fsp3) is 0.143. The second-order valence-electron chi connectivity index (χ2n) is 6.85. The lowest BCUT2D eigenvalue weighted by molar-refractivity contribution is -0.137. The zero-order chi connectivity index (χ0) is 22.2.